The molecule has 2 aromatic rings. The van der Waals surface area contributed by atoms with Crippen LogP contribution in [0.3, 0.4) is 0 Å². The van der Waals surface area contributed by atoms with Gasteiger partial charge in [0.1, 0.15) is 5.69 Å². The lowest BCUT2D eigenvalue weighted by Crippen LogP contribution is -2.51. The zero-order valence-electron chi connectivity index (χ0n) is 13.8. The van der Waals surface area contributed by atoms with Gasteiger partial charge in [0.05, 0.1) is 13.2 Å². The summed E-state index contributed by atoms with van der Waals surface area (Å²) in [5.74, 6) is -0.418. The summed E-state index contributed by atoms with van der Waals surface area (Å²) in [6.07, 6.45) is -6.40. The van der Waals surface area contributed by atoms with E-state index in [4.69, 9.17) is 4.74 Å². The Kier molecular flexibility index (Phi) is 4.07. The zero-order chi connectivity index (χ0) is 17.6. The maximum atomic E-state index is 12.9. The van der Waals surface area contributed by atoms with Crippen molar-refractivity contribution in [1.29, 1.82) is 0 Å². The van der Waals surface area contributed by atoms with E-state index < -0.39 is 24.7 Å². The molecule has 1 saturated heterocycles. The van der Waals surface area contributed by atoms with Gasteiger partial charge in [0, 0.05) is 17.4 Å². The summed E-state index contributed by atoms with van der Waals surface area (Å²) in [6.45, 7) is 5.28. The molecule has 0 bridgehead atoms. The molecule has 1 amide bonds. The van der Waals surface area contributed by atoms with Gasteiger partial charge in [0.2, 0.25) is 0 Å². The normalized spacial score (nSPS) is 19.1. The molecule has 0 unspecified atom stereocenters. The minimum atomic E-state index is -4.47. The first-order valence-corrected chi connectivity index (χ1v) is 7.75. The minimum absolute atomic E-state index is 0.118. The molecular formula is C17H19F3N2O2. The molecule has 1 aromatic heterocycles. The largest absolute Gasteiger partial charge is 0.416 e. The number of aromatic amines is 1. The van der Waals surface area contributed by atoms with E-state index in [0.29, 0.717) is 5.69 Å². The molecule has 0 saturated carbocycles. The average Bonchev–Trinajstić information content (AvgIpc) is 2.83. The molecule has 0 spiro atoms. The van der Waals surface area contributed by atoms with E-state index in [1.165, 1.54) is 4.90 Å². The van der Waals surface area contributed by atoms with Crippen molar-refractivity contribution in [2.45, 2.75) is 33.1 Å². The number of morpholine rings is 1. The lowest BCUT2D eigenvalue weighted by molar-refractivity contribution is -0.233. The van der Waals surface area contributed by atoms with Gasteiger partial charge in [-0.05, 0) is 38.0 Å². The Morgan fingerprint density at radius 3 is 2.67 bits per heavy atom. The number of fused-ring (bicyclic) bond motifs is 1. The number of alkyl halides is 3. The number of hydrogen-bond donors (Lipinski definition) is 1. The topological polar surface area (TPSA) is 45.3 Å². The number of nitrogens with one attached hydrogen (secondary N) is 1. The smallest absolute Gasteiger partial charge is 0.365 e. The number of carbonyl (C=O) groups excluding carboxylic acids is 1. The van der Waals surface area contributed by atoms with Crippen molar-refractivity contribution in [3.63, 3.8) is 0 Å². The Morgan fingerprint density at radius 1 is 1.29 bits per heavy atom. The van der Waals surface area contributed by atoms with Crippen LogP contribution in [0, 0.1) is 20.8 Å². The fraction of sp³-hybridized carbons (Fsp3) is 0.471. The van der Waals surface area contributed by atoms with Crippen molar-refractivity contribution in [3.8, 4) is 0 Å². The molecule has 24 heavy (non-hydrogen) atoms. The lowest BCUT2D eigenvalue weighted by Gasteiger charge is -2.33. The summed E-state index contributed by atoms with van der Waals surface area (Å²) in [7, 11) is 0. The van der Waals surface area contributed by atoms with E-state index >= 15 is 0 Å². The first-order valence-electron chi connectivity index (χ1n) is 7.75. The summed E-state index contributed by atoms with van der Waals surface area (Å²) >= 11 is 0. The van der Waals surface area contributed by atoms with Crippen LogP contribution in [0.4, 0.5) is 13.2 Å². The number of aromatic nitrogens is 1. The Balaban J connectivity index is 1.94. The number of halogens is 3. The molecule has 0 radical (unpaired) electrons. The van der Waals surface area contributed by atoms with Crippen LogP contribution in [0.15, 0.2) is 12.1 Å². The van der Waals surface area contributed by atoms with Crippen molar-refractivity contribution in [3.05, 3.63) is 34.5 Å². The number of rotatable bonds is 1. The zero-order valence-corrected chi connectivity index (χ0v) is 13.8. The predicted molar refractivity (Wildman–Crippen MR) is 84.2 cm³/mol. The second-order valence-corrected chi connectivity index (χ2v) is 6.28. The molecule has 1 aromatic carbocycles. The van der Waals surface area contributed by atoms with Gasteiger partial charge >= 0.3 is 6.18 Å². The van der Waals surface area contributed by atoms with Crippen molar-refractivity contribution in [2.24, 2.45) is 0 Å². The number of H-pyrrole nitrogens is 1. The molecule has 4 nitrogen and oxygen atoms in total. The summed E-state index contributed by atoms with van der Waals surface area (Å²) in [6, 6.07) is 3.98. The highest BCUT2D eigenvalue weighted by molar-refractivity contribution is 6.01. The highest BCUT2D eigenvalue weighted by Crippen LogP contribution is 2.29. The van der Waals surface area contributed by atoms with Crippen molar-refractivity contribution < 1.29 is 22.7 Å². The van der Waals surface area contributed by atoms with Gasteiger partial charge < -0.3 is 14.6 Å². The number of hydrogen-bond acceptors (Lipinski definition) is 2. The highest BCUT2D eigenvalue weighted by Gasteiger charge is 2.44. The molecule has 7 heteroatoms. The first-order chi connectivity index (χ1) is 11.2. The summed E-state index contributed by atoms with van der Waals surface area (Å²) in [5, 5.41) is 0.927. The summed E-state index contributed by atoms with van der Waals surface area (Å²) < 4.78 is 43.3. The van der Waals surface area contributed by atoms with Gasteiger partial charge in [-0.3, -0.25) is 4.79 Å². The number of nitrogens with zero attached hydrogens (tertiary/aromatic N) is 1. The van der Waals surface area contributed by atoms with Gasteiger partial charge in [-0.2, -0.15) is 13.2 Å². The van der Waals surface area contributed by atoms with Crippen LogP contribution in [0.25, 0.3) is 10.9 Å². The maximum absolute atomic E-state index is 12.9. The first kappa shape index (κ1) is 16.8. The number of aryl methyl sites for hydroxylation is 3. The van der Waals surface area contributed by atoms with Crippen LogP contribution in [-0.2, 0) is 4.74 Å². The summed E-state index contributed by atoms with van der Waals surface area (Å²) in [4.78, 5) is 17.0. The van der Waals surface area contributed by atoms with E-state index in [9.17, 15) is 18.0 Å². The van der Waals surface area contributed by atoms with Gasteiger partial charge in [0.25, 0.3) is 5.91 Å². The molecule has 1 fully saturated rings. The lowest BCUT2D eigenvalue weighted by atomic mass is 10.1. The molecule has 1 aliphatic rings. The van der Waals surface area contributed by atoms with Crippen LogP contribution >= 0.6 is 0 Å². The van der Waals surface area contributed by atoms with E-state index in [2.05, 4.69) is 4.98 Å². The van der Waals surface area contributed by atoms with Crippen molar-refractivity contribution in [2.75, 3.05) is 19.7 Å². The molecule has 1 atom stereocenters. The number of benzene rings is 1. The van der Waals surface area contributed by atoms with E-state index in [1.807, 2.05) is 32.9 Å². The molecule has 2 heterocycles. The fourth-order valence-electron chi connectivity index (χ4n) is 3.19. The van der Waals surface area contributed by atoms with Crippen LogP contribution in [0.5, 0.6) is 0 Å². The van der Waals surface area contributed by atoms with Crippen LogP contribution in [-0.4, -0.2) is 47.8 Å². The second kappa shape index (κ2) is 5.81. The highest BCUT2D eigenvalue weighted by atomic mass is 19.4. The Hall–Kier alpha value is -2.02. The third-order valence-corrected chi connectivity index (χ3v) is 4.44. The van der Waals surface area contributed by atoms with Crippen molar-refractivity contribution >= 4 is 16.8 Å². The molecule has 130 valence electrons. The molecule has 1 aliphatic heterocycles. The Morgan fingerprint density at radius 2 is 2.00 bits per heavy atom. The Labute approximate surface area is 137 Å². The molecular weight excluding hydrogens is 321 g/mol. The number of carbonyl (C=O) groups is 1. The summed E-state index contributed by atoms with van der Waals surface area (Å²) in [5.41, 5.74) is 4.03. The van der Waals surface area contributed by atoms with E-state index in [-0.39, 0.29) is 13.2 Å². The van der Waals surface area contributed by atoms with Crippen molar-refractivity contribution in [1.82, 2.24) is 9.88 Å². The average molecular weight is 340 g/mol. The van der Waals surface area contributed by atoms with Gasteiger partial charge in [0.15, 0.2) is 6.10 Å². The molecule has 3 rings (SSSR count). The maximum Gasteiger partial charge on any atom is 0.416 e. The van der Waals surface area contributed by atoms with Gasteiger partial charge in [-0.25, -0.2) is 0 Å². The SMILES string of the molecule is Cc1cc(C)c2[nH]c(C(=O)N3CCO[C@H](C(F)(F)F)C3)c(C)c2c1. The third-order valence-electron chi connectivity index (χ3n) is 4.44. The minimum Gasteiger partial charge on any atom is -0.365 e. The molecule has 0 aliphatic carbocycles. The van der Waals surface area contributed by atoms with E-state index in [1.54, 1.807) is 0 Å². The van der Waals surface area contributed by atoms with Gasteiger partial charge in [-0.15, -0.1) is 0 Å². The fourth-order valence-corrected chi connectivity index (χ4v) is 3.19. The number of amides is 1. The van der Waals surface area contributed by atoms with E-state index in [0.717, 1.165) is 27.6 Å². The second-order valence-electron chi connectivity index (χ2n) is 6.28. The quantitative estimate of drug-likeness (QED) is 0.864. The number of ether oxygens (including phenoxy) is 1. The molecule has 1 N–H and O–H groups in total. The van der Waals surface area contributed by atoms with Crippen LogP contribution in [0.2, 0.25) is 0 Å². The Bertz CT molecular complexity index is 795. The standard InChI is InChI=1S/C17H19F3N2O2/c1-9-6-10(2)14-12(7-9)11(3)15(21-14)16(23)22-4-5-24-13(8-22)17(18,19)20/h6-7,13,21H,4-5,8H2,1-3H3/t13-/m0/s1. The van der Waals surface area contributed by atoms with Crippen LogP contribution in [0.1, 0.15) is 27.2 Å². The monoisotopic (exact) mass is 340 g/mol. The third kappa shape index (κ3) is 2.88. The van der Waals surface area contributed by atoms with Gasteiger partial charge in [-0.1, -0.05) is 11.6 Å². The predicted octanol–water partition coefficient (Wildman–Crippen LogP) is 3.50. The van der Waals surface area contributed by atoms with Crippen LogP contribution < -0.4 is 0 Å².